The molecule has 1 heterocycles. The number of aromatic nitrogens is 1. The molecule has 0 amide bonds. The number of carboxylic acid groups (broad SMARTS) is 1. The molecule has 0 aliphatic heterocycles. The average molecular weight is 264 g/mol. The Morgan fingerprint density at radius 2 is 2.00 bits per heavy atom. The van der Waals surface area contributed by atoms with E-state index in [1.54, 1.807) is 12.1 Å². The zero-order chi connectivity index (χ0) is 13.3. The first kappa shape index (κ1) is 12.4. The largest absolute Gasteiger partial charge is 0.478 e. The third-order valence-electron chi connectivity index (χ3n) is 2.56. The molecule has 0 unspecified atom stereocenters. The summed E-state index contributed by atoms with van der Waals surface area (Å²) in [6, 6.07) is 6.56. The summed E-state index contributed by atoms with van der Waals surface area (Å²) in [5.74, 6) is -1.10. The molecule has 0 spiro atoms. The van der Waals surface area contributed by atoms with Gasteiger partial charge in [-0.2, -0.15) is 0 Å². The van der Waals surface area contributed by atoms with Crippen LogP contribution in [0.25, 0.3) is 11.1 Å². The highest BCUT2D eigenvalue weighted by molar-refractivity contribution is 6.33. The number of H-pyrrole nitrogens is 1. The molecular formula is C13H10ClNO3. The van der Waals surface area contributed by atoms with Gasteiger partial charge in [-0.3, -0.25) is 4.79 Å². The highest BCUT2D eigenvalue weighted by Crippen LogP contribution is 2.26. The molecule has 2 rings (SSSR count). The molecule has 18 heavy (non-hydrogen) atoms. The van der Waals surface area contributed by atoms with Gasteiger partial charge in [0.25, 0.3) is 5.56 Å². The Labute approximate surface area is 108 Å². The van der Waals surface area contributed by atoms with Gasteiger partial charge in [0, 0.05) is 22.3 Å². The molecule has 0 radical (unpaired) electrons. The number of aromatic carboxylic acids is 1. The summed E-state index contributed by atoms with van der Waals surface area (Å²) in [4.78, 5) is 25.0. The Balaban J connectivity index is 2.66. The number of carboxylic acids is 1. The number of rotatable bonds is 2. The molecule has 0 atom stereocenters. The van der Waals surface area contributed by atoms with Crippen LogP contribution in [0, 0.1) is 6.92 Å². The van der Waals surface area contributed by atoms with Crippen LogP contribution >= 0.6 is 11.6 Å². The lowest BCUT2D eigenvalue weighted by molar-refractivity contribution is 0.0696. The van der Waals surface area contributed by atoms with Gasteiger partial charge in [0.1, 0.15) is 0 Å². The number of hydrogen-bond acceptors (Lipinski definition) is 2. The van der Waals surface area contributed by atoms with Crippen LogP contribution in [0.1, 0.15) is 15.9 Å². The van der Waals surface area contributed by atoms with Gasteiger partial charge in [-0.15, -0.1) is 0 Å². The molecule has 5 heteroatoms. The first-order valence-corrected chi connectivity index (χ1v) is 5.59. The van der Waals surface area contributed by atoms with Crippen molar-refractivity contribution in [3.63, 3.8) is 0 Å². The molecule has 4 nitrogen and oxygen atoms in total. The van der Waals surface area contributed by atoms with Crippen LogP contribution in [-0.4, -0.2) is 16.1 Å². The van der Waals surface area contributed by atoms with E-state index in [1.165, 1.54) is 6.07 Å². The fourth-order valence-corrected chi connectivity index (χ4v) is 1.98. The second kappa shape index (κ2) is 4.66. The second-order valence-corrected chi connectivity index (χ2v) is 4.33. The Kier molecular flexibility index (Phi) is 3.21. The Morgan fingerprint density at radius 3 is 2.61 bits per heavy atom. The van der Waals surface area contributed by atoms with E-state index in [2.05, 4.69) is 4.98 Å². The lowest BCUT2D eigenvalue weighted by Crippen LogP contribution is -2.11. The third-order valence-corrected chi connectivity index (χ3v) is 2.88. The van der Waals surface area contributed by atoms with Crippen molar-refractivity contribution in [3.05, 3.63) is 57.0 Å². The van der Waals surface area contributed by atoms with Crippen LogP contribution in [0.4, 0.5) is 0 Å². The number of halogens is 1. The van der Waals surface area contributed by atoms with E-state index in [0.29, 0.717) is 10.6 Å². The van der Waals surface area contributed by atoms with Crippen molar-refractivity contribution >= 4 is 17.6 Å². The van der Waals surface area contributed by atoms with E-state index in [9.17, 15) is 9.59 Å². The lowest BCUT2D eigenvalue weighted by Gasteiger charge is -2.05. The number of aromatic amines is 1. The minimum absolute atomic E-state index is 0.0150. The van der Waals surface area contributed by atoms with Crippen LogP contribution in [0.2, 0.25) is 5.02 Å². The molecule has 0 saturated heterocycles. The number of nitrogens with one attached hydrogen (secondary N) is 1. The third kappa shape index (κ3) is 2.28. The van der Waals surface area contributed by atoms with E-state index in [0.717, 1.165) is 11.8 Å². The molecule has 1 aromatic carbocycles. The van der Waals surface area contributed by atoms with Gasteiger partial charge in [-0.1, -0.05) is 23.7 Å². The summed E-state index contributed by atoms with van der Waals surface area (Å²) in [6.45, 7) is 1.88. The zero-order valence-electron chi connectivity index (χ0n) is 9.53. The van der Waals surface area contributed by atoms with Crippen molar-refractivity contribution in [1.82, 2.24) is 4.98 Å². The van der Waals surface area contributed by atoms with Crippen molar-refractivity contribution in [3.8, 4) is 11.1 Å². The van der Waals surface area contributed by atoms with Crippen LogP contribution in [-0.2, 0) is 0 Å². The average Bonchev–Trinajstić information content (AvgIpc) is 2.30. The normalized spacial score (nSPS) is 10.3. The van der Waals surface area contributed by atoms with Gasteiger partial charge in [-0.25, -0.2) is 4.79 Å². The minimum atomic E-state index is -1.10. The molecule has 0 fully saturated rings. The van der Waals surface area contributed by atoms with Crippen LogP contribution in [0.3, 0.4) is 0 Å². The quantitative estimate of drug-likeness (QED) is 0.875. The highest BCUT2D eigenvalue weighted by atomic mass is 35.5. The van der Waals surface area contributed by atoms with Crippen molar-refractivity contribution in [2.75, 3.05) is 0 Å². The summed E-state index contributed by atoms with van der Waals surface area (Å²) >= 11 is 6.07. The van der Waals surface area contributed by atoms with Crippen molar-refractivity contribution in [1.29, 1.82) is 0 Å². The minimum Gasteiger partial charge on any atom is -0.478 e. The van der Waals surface area contributed by atoms with Crippen LogP contribution in [0.5, 0.6) is 0 Å². The second-order valence-electron chi connectivity index (χ2n) is 3.92. The topological polar surface area (TPSA) is 70.2 Å². The van der Waals surface area contributed by atoms with Gasteiger partial charge in [0.2, 0.25) is 0 Å². The van der Waals surface area contributed by atoms with Crippen molar-refractivity contribution < 1.29 is 9.90 Å². The molecule has 0 aliphatic rings. The van der Waals surface area contributed by atoms with Gasteiger partial charge >= 0.3 is 5.97 Å². The predicted octanol–water partition coefficient (Wildman–Crippen LogP) is 2.70. The Hall–Kier alpha value is -2.07. The van der Waals surface area contributed by atoms with Crippen LogP contribution in [0.15, 0.2) is 35.3 Å². The fraction of sp³-hybridized carbons (Fsp3) is 0.0769. The maximum Gasteiger partial charge on any atom is 0.337 e. The number of pyridine rings is 1. The lowest BCUT2D eigenvalue weighted by atomic mass is 10.0. The first-order valence-electron chi connectivity index (χ1n) is 5.21. The highest BCUT2D eigenvalue weighted by Gasteiger charge is 2.11. The summed E-state index contributed by atoms with van der Waals surface area (Å²) in [6.07, 6.45) is 1.16. The zero-order valence-corrected chi connectivity index (χ0v) is 10.3. The Morgan fingerprint density at radius 1 is 1.28 bits per heavy atom. The van der Waals surface area contributed by atoms with Crippen molar-refractivity contribution in [2.45, 2.75) is 6.92 Å². The van der Waals surface area contributed by atoms with Gasteiger partial charge in [0.05, 0.1) is 5.56 Å². The van der Waals surface area contributed by atoms with E-state index >= 15 is 0 Å². The maximum atomic E-state index is 11.7. The standard InChI is InChI=1S/C13H10ClNO3/c1-7-2-3-9(11(14)4-7)10-5-8(13(17)18)6-15-12(10)16/h2-6H,1H3,(H,15,16)(H,17,18). The smallest absolute Gasteiger partial charge is 0.337 e. The summed E-state index contributed by atoms with van der Waals surface area (Å²) in [5, 5.41) is 9.32. The molecular weight excluding hydrogens is 254 g/mol. The maximum absolute atomic E-state index is 11.7. The molecule has 2 N–H and O–H groups in total. The molecule has 2 aromatic rings. The van der Waals surface area contributed by atoms with Gasteiger partial charge < -0.3 is 10.1 Å². The van der Waals surface area contributed by atoms with Gasteiger partial charge in [-0.05, 0) is 24.6 Å². The fourth-order valence-electron chi connectivity index (χ4n) is 1.65. The SMILES string of the molecule is Cc1ccc(-c2cc(C(=O)O)c[nH]c2=O)c(Cl)c1. The first-order chi connectivity index (χ1) is 8.49. The van der Waals surface area contributed by atoms with E-state index < -0.39 is 5.97 Å². The molecule has 92 valence electrons. The number of hydrogen-bond donors (Lipinski definition) is 2. The molecule has 0 aliphatic carbocycles. The summed E-state index contributed by atoms with van der Waals surface area (Å²) < 4.78 is 0. The number of aryl methyl sites for hydroxylation is 1. The summed E-state index contributed by atoms with van der Waals surface area (Å²) in [7, 11) is 0. The van der Waals surface area contributed by atoms with Gasteiger partial charge in [0.15, 0.2) is 0 Å². The van der Waals surface area contributed by atoms with E-state index in [1.807, 2.05) is 13.0 Å². The predicted molar refractivity (Wildman–Crippen MR) is 69.2 cm³/mol. The van der Waals surface area contributed by atoms with E-state index in [4.69, 9.17) is 16.7 Å². The van der Waals surface area contributed by atoms with E-state index in [-0.39, 0.29) is 16.7 Å². The number of benzene rings is 1. The molecule has 1 aromatic heterocycles. The van der Waals surface area contributed by atoms with Crippen LogP contribution < -0.4 is 5.56 Å². The monoisotopic (exact) mass is 263 g/mol. The molecule has 0 bridgehead atoms. The Bertz CT molecular complexity index is 676. The molecule has 0 saturated carbocycles. The number of carbonyl (C=O) groups is 1. The summed E-state index contributed by atoms with van der Waals surface area (Å²) in [5.41, 5.74) is 1.38. The van der Waals surface area contributed by atoms with Crippen molar-refractivity contribution in [2.24, 2.45) is 0 Å².